The van der Waals surface area contributed by atoms with E-state index in [1.165, 1.54) is 10.6 Å². The first kappa shape index (κ1) is 19.5. The zero-order chi connectivity index (χ0) is 20.9. The standard InChI is InChI=1S/C22H22N6O2/c1-2-15-8-10-17(11-9-15)20(30)25-21-26-22-24-18(12-19(29)28(22)27-21)14-23-13-16-6-4-3-5-7-16/h3-12,23H,2,13-14H2,1H3,(H2,24,25,26,27,30). The van der Waals surface area contributed by atoms with Crippen molar-refractivity contribution in [3.63, 3.8) is 0 Å². The predicted octanol–water partition coefficient (Wildman–Crippen LogP) is 2.52. The highest BCUT2D eigenvalue weighted by Crippen LogP contribution is 2.08. The maximum Gasteiger partial charge on any atom is 0.274 e. The molecule has 30 heavy (non-hydrogen) atoms. The number of hydrogen-bond acceptors (Lipinski definition) is 5. The van der Waals surface area contributed by atoms with Crippen LogP contribution in [0.5, 0.6) is 0 Å². The van der Waals surface area contributed by atoms with E-state index in [1.807, 2.05) is 42.5 Å². The maximum atomic E-state index is 12.4. The summed E-state index contributed by atoms with van der Waals surface area (Å²) in [6.45, 7) is 3.15. The number of aromatic nitrogens is 4. The minimum atomic E-state index is -0.311. The highest BCUT2D eigenvalue weighted by Gasteiger charge is 2.12. The van der Waals surface area contributed by atoms with E-state index in [1.54, 1.807) is 12.1 Å². The minimum Gasteiger partial charge on any atom is -0.307 e. The summed E-state index contributed by atoms with van der Waals surface area (Å²) in [6.07, 6.45) is 0.905. The number of rotatable bonds is 7. The molecule has 152 valence electrons. The van der Waals surface area contributed by atoms with Gasteiger partial charge in [0.25, 0.3) is 17.2 Å². The fraction of sp³-hybridized carbons (Fsp3) is 0.182. The lowest BCUT2D eigenvalue weighted by Gasteiger charge is -2.04. The third kappa shape index (κ3) is 4.44. The number of aryl methyl sites for hydroxylation is 1. The fourth-order valence-electron chi connectivity index (χ4n) is 3.08. The lowest BCUT2D eigenvalue weighted by molar-refractivity contribution is 0.102. The van der Waals surface area contributed by atoms with Gasteiger partial charge in [-0.3, -0.25) is 20.0 Å². The molecule has 4 aromatic rings. The van der Waals surface area contributed by atoms with E-state index in [0.717, 1.165) is 17.5 Å². The van der Waals surface area contributed by atoms with Crippen molar-refractivity contribution < 1.29 is 4.79 Å². The summed E-state index contributed by atoms with van der Waals surface area (Å²) in [7, 11) is 0. The highest BCUT2D eigenvalue weighted by atomic mass is 16.2. The van der Waals surface area contributed by atoms with Gasteiger partial charge in [0.05, 0.1) is 5.69 Å². The van der Waals surface area contributed by atoms with E-state index in [9.17, 15) is 9.59 Å². The van der Waals surface area contributed by atoms with E-state index in [2.05, 4.69) is 32.6 Å². The van der Waals surface area contributed by atoms with Gasteiger partial charge < -0.3 is 5.32 Å². The molecule has 0 unspecified atom stereocenters. The summed E-state index contributed by atoms with van der Waals surface area (Å²) in [4.78, 5) is 33.4. The molecule has 1 amide bonds. The Morgan fingerprint density at radius 3 is 2.50 bits per heavy atom. The van der Waals surface area contributed by atoms with E-state index >= 15 is 0 Å². The molecule has 0 aliphatic rings. The Hall–Kier alpha value is -3.78. The Labute approximate surface area is 173 Å². The molecule has 0 spiro atoms. The van der Waals surface area contributed by atoms with Crippen LogP contribution in [0, 0.1) is 0 Å². The Balaban J connectivity index is 1.46. The van der Waals surface area contributed by atoms with Crippen LogP contribution in [0.1, 0.15) is 34.1 Å². The molecule has 0 bridgehead atoms. The number of carbonyl (C=O) groups excluding carboxylic acids is 1. The Kier molecular flexibility index (Phi) is 5.67. The molecule has 0 fully saturated rings. The molecule has 4 rings (SSSR count). The molecule has 8 heteroatoms. The van der Waals surface area contributed by atoms with Crippen molar-refractivity contribution in [2.45, 2.75) is 26.4 Å². The average molecular weight is 402 g/mol. The first-order valence-electron chi connectivity index (χ1n) is 9.76. The third-order valence-electron chi connectivity index (χ3n) is 4.72. The van der Waals surface area contributed by atoms with E-state index in [-0.39, 0.29) is 23.2 Å². The number of fused-ring (bicyclic) bond motifs is 1. The lowest BCUT2D eigenvalue weighted by Crippen LogP contribution is -2.20. The second-order valence-electron chi connectivity index (χ2n) is 6.89. The summed E-state index contributed by atoms with van der Waals surface area (Å²) in [5.74, 6) is 0.0590. The third-order valence-corrected chi connectivity index (χ3v) is 4.72. The SMILES string of the molecule is CCc1ccc(C(=O)Nc2nc3nc(CNCc4ccccc4)cc(=O)n3[nH]2)cc1. The number of nitrogens with one attached hydrogen (secondary N) is 3. The molecule has 0 saturated carbocycles. The van der Waals surface area contributed by atoms with Gasteiger partial charge in [0.2, 0.25) is 5.95 Å². The van der Waals surface area contributed by atoms with Gasteiger partial charge in [-0.25, -0.2) is 4.98 Å². The lowest BCUT2D eigenvalue weighted by atomic mass is 10.1. The van der Waals surface area contributed by atoms with Gasteiger partial charge in [0.1, 0.15) is 0 Å². The molecule has 8 nitrogen and oxygen atoms in total. The average Bonchev–Trinajstić information content (AvgIpc) is 3.17. The predicted molar refractivity (Wildman–Crippen MR) is 114 cm³/mol. The second-order valence-corrected chi connectivity index (χ2v) is 6.89. The topological polar surface area (TPSA) is 104 Å². The van der Waals surface area contributed by atoms with Crippen molar-refractivity contribution in [2.24, 2.45) is 0 Å². The largest absolute Gasteiger partial charge is 0.307 e. The first-order chi connectivity index (χ1) is 14.6. The molecule has 2 aromatic heterocycles. The molecule has 2 heterocycles. The van der Waals surface area contributed by atoms with Gasteiger partial charge in [-0.2, -0.15) is 9.50 Å². The Bertz CT molecular complexity index is 1210. The van der Waals surface area contributed by atoms with Gasteiger partial charge in [0.15, 0.2) is 0 Å². The van der Waals surface area contributed by atoms with Crippen LogP contribution in [0.25, 0.3) is 5.78 Å². The highest BCUT2D eigenvalue weighted by molar-refractivity contribution is 6.03. The Morgan fingerprint density at radius 2 is 1.77 bits per heavy atom. The van der Waals surface area contributed by atoms with Crippen LogP contribution in [-0.4, -0.2) is 25.5 Å². The van der Waals surface area contributed by atoms with Crippen molar-refractivity contribution in [1.29, 1.82) is 0 Å². The number of nitrogens with zero attached hydrogens (tertiary/aromatic N) is 3. The summed E-state index contributed by atoms with van der Waals surface area (Å²) in [5.41, 5.74) is 3.09. The summed E-state index contributed by atoms with van der Waals surface area (Å²) >= 11 is 0. The van der Waals surface area contributed by atoms with E-state index in [0.29, 0.717) is 24.3 Å². The Morgan fingerprint density at radius 1 is 1.00 bits per heavy atom. The zero-order valence-electron chi connectivity index (χ0n) is 16.6. The fourth-order valence-corrected chi connectivity index (χ4v) is 3.08. The van der Waals surface area contributed by atoms with Crippen LogP contribution in [0.2, 0.25) is 0 Å². The number of aromatic amines is 1. The molecular formula is C22H22N6O2. The molecule has 0 aliphatic carbocycles. The van der Waals surface area contributed by atoms with Gasteiger partial charge >= 0.3 is 0 Å². The number of amides is 1. The summed E-state index contributed by atoms with van der Waals surface area (Å²) in [5, 5.41) is 8.71. The van der Waals surface area contributed by atoms with Crippen molar-refractivity contribution in [3.05, 3.63) is 93.4 Å². The summed E-state index contributed by atoms with van der Waals surface area (Å²) < 4.78 is 1.20. The van der Waals surface area contributed by atoms with Crippen molar-refractivity contribution in [3.8, 4) is 0 Å². The maximum absolute atomic E-state index is 12.4. The number of anilines is 1. The molecule has 0 atom stereocenters. The van der Waals surface area contributed by atoms with E-state index < -0.39 is 0 Å². The number of carbonyl (C=O) groups is 1. The normalized spacial score (nSPS) is 11.0. The van der Waals surface area contributed by atoms with Crippen LogP contribution < -0.4 is 16.2 Å². The monoisotopic (exact) mass is 402 g/mol. The molecule has 0 saturated heterocycles. The van der Waals surface area contributed by atoms with Crippen LogP contribution in [-0.2, 0) is 19.5 Å². The molecule has 0 aliphatic heterocycles. The van der Waals surface area contributed by atoms with Crippen LogP contribution in [0.3, 0.4) is 0 Å². The zero-order valence-corrected chi connectivity index (χ0v) is 16.6. The first-order valence-corrected chi connectivity index (χ1v) is 9.76. The molecule has 0 radical (unpaired) electrons. The van der Waals surface area contributed by atoms with Gasteiger partial charge in [0, 0.05) is 24.7 Å². The van der Waals surface area contributed by atoms with Crippen LogP contribution >= 0.6 is 0 Å². The van der Waals surface area contributed by atoms with Crippen molar-refractivity contribution >= 4 is 17.6 Å². The number of hydrogen-bond donors (Lipinski definition) is 3. The quantitative estimate of drug-likeness (QED) is 0.441. The van der Waals surface area contributed by atoms with Gasteiger partial charge in [-0.1, -0.05) is 49.4 Å². The molecular weight excluding hydrogens is 380 g/mol. The van der Waals surface area contributed by atoms with Crippen molar-refractivity contribution in [1.82, 2.24) is 24.9 Å². The van der Waals surface area contributed by atoms with Gasteiger partial charge in [-0.15, -0.1) is 0 Å². The van der Waals surface area contributed by atoms with Crippen molar-refractivity contribution in [2.75, 3.05) is 5.32 Å². The summed E-state index contributed by atoms with van der Waals surface area (Å²) in [6, 6.07) is 18.8. The molecule has 2 aromatic carbocycles. The second kappa shape index (κ2) is 8.71. The van der Waals surface area contributed by atoms with E-state index in [4.69, 9.17) is 0 Å². The smallest absolute Gasteiger partial charge is 0.274 e. The minimum absolute atomic E-state index is 0.165. The number of H-pyrrole nitrogens is 1. The number of benzene rings is 2. The van der Waals surface area contributed by atoms with Crippen LogP contribution in [0.4, 0.5) is 5.95 Å². The van der Waals surface area contributed by atoms with Crippen LogP contribution in [0.15, 0.2) is 65.5 Å². The molecule has 3 N–H and O–H groups in total. The van der Waals surface area contributed by atoms with Gasteiger partial charge in [-0.05, 0) is 29.7 Å².